The average molecular weight is 510 g/mol. The summed E-state index contributed by atoms with van der Waals surface area (Å²) in [5.41, 5.74) is 2.85. The van der Waals surface area contributed by atoms with Crippen molar-refractivity contribution in [2.45, 2.75) is 56.2 Å². The Balaban J connectivity index is 1.64. The fourth-order valence-corrected chi connectivity index (χ4v) is 8.59. The minimum absolute atomic E-state index is 0.0106. The van der Waals surface area contributed by atoms with Crippen LogP contribution in [-0.4, -0.2) is 80.9 Å². The number of amides is 3. The van der Waals surface area contributed by atoms with Gasteiger partial charge in [0.2, 0.25) is 11.8 Å². The number of aliphatic hydroxyl groups excluding tert-OH is 1. The van der Waals surface area contributed by atoms with Crippen molar-refractivity contribution in [1.82, 2.24) is 9.80 Å². The number of fused-ring (bicyclic) bond motifs is 2. The molecule has 1 unspecified atom stereocenters. The molecule has 3 amide bonds. The van der Waals surface area contributed by atoms with Crippen LogP contribution in [0.2, 0.25) is 0 Å². The number of benzene rings is 1. The average Bonchev–Trinajstić information content (AvgIpc) is 3.18. The van der Waals surface area contributed by atoms with Crippen LogP contribution in [0.25, 0.3) is 0 Å². The minimum Gasteiger partial charge on any atom is -0.394 e. The van der Waals surface area contributed by atoms with Crippen LogP contribution < -0.4 is 4.90 Å². The van der Waals surface area contributed by atoms with Crippen molar-refractivity contribution in [3.05, 3.63) is 53.6 Å². The van der Waals surface area contributed by atoms with Crippen LogP contribution in [0.4, 0.5) is 5.69 Å². The van der Waals surface area contributed by atoms with Crippen molar-refractivity contribution in [3.63, 3.8) is 0 Å². The third-order valence-electron chi connectivity index (χ3n) is 8.12. The van der Waals surface area contributed by atoms with Crippen molar-refractivity contribution in [3.8, 4) is 0 Å². The van der Waals surface area contributed by atoms with Gasteiger partial charge in [-0.3, -0.25) is 14.4 Å². The first kappa shape index (κ1) is 25.1. The van der Waals surface area contributed by atoms with Gasteiger partial charge in [-0.05, 0) is 38.3 Å². The Morgan fingerprint density at radius 3 is 2.47 bits per heavy atom. The molecule has 1 spiro atoms. The smallest absolute Gasteiger partial charge is 0.251 e. The van der Waals surface area contributed by atoms with E-state index < -0.39 is 28.7 Å². The first-order valence-corrected chi connectivity index (χ1v) is 13.8. The minimum atomic E-state index is -0.868. The largest absolute Gasteiger partial charge is 0.394 e. The zero-order chi connectivity index (χ0) is 25.8. The van der Waals surface area contributed by atoms with Crippen LogP contribution in [-0.2, 0) is 14.4 Å². The summed E-state index contributed by atoms with van der Waals surface area (Å²) in [4.78, 5) is 47.6. The predicted molar refractivity (Wildman–Crippen MR) is 142 cm³/mol. The number of carbonyl (C=O) groups excluding carboxylic acids is 3. The topological polar surface area (TPSA) is 81.2 Å². The molecule has 36 heavy (non-hydrogen) atoms. The van der Waals surface area contributed by atoms with Crippen LogP contribution in [0.5, 0.6) is 0 Å². The monoisotopic (exact) mass is 509 g/mol. The van der Waals surface area contributed by atoms with E-state index in [1.54, 1.807) is 28.5 Å². The standard InChI is InChI=1S/C28H35N3O4S/c1-5-13-29-14-7-11-20-21(25(29)33)22-26(34)31(19(4)16-32)24-27(35)30(15-8-12-28(22,24)36-20)23-17(2)9-6-10-18(23)3/h6-12,19-22,24,32H,5,13-16H2,1-4H3/t19-,20+,21-,22+,24?,28+/m1/s1. The van der Waals surface area contributed by atoms with Crippen molar-refractivity contribution in [2.75, 3.05) is 31.1 Å². The number of nitrogens with zero attached hydrogens (tertiary/aromatic N) is 3. The molecule has 0 radical (unpaired) electrons. The van der Waals surface area contributed by atoms with E-state index in [2.05, 4.69) is 6.08 Å². The number of aliphatic hydroxyl groups is 1. The number of hydrogen-bond acceptors (Lipinski definition) is 5. The Morgan fingerprint density at radius 2 is 1.81 bits per heavy atom. The molecule has 5 rings (SSSR count). The molecule has 4 aliphatic rings. The van der Waals surface area contributed by atoms with E-state index in [-0.39, 0.29) is 29.6 Å². The van der Waals surface area contributed by atoms with Gasteiger partial charge >= 0.3 is 0 Å². The normalized spacial score (nSPS) is 32.4. The third-order valence-corrected chi connectivity index (χ3v) is 9.87. The molecule has 6 atom stereocenters. The SMILES string of the molecule is CCCN1CC=C[C@@H]2S[C@]34C=CCN(c5c(C)cccc5C)C(=O)C3N([C@H](C)CO)C(=O)[C@@H]4[C@@H]2C1=O. The number of hydrogen-bond donors (Lipinski definition) is 1. The Kier molecular flexibility index (Phi) is 6.53. The number of carbonyl (C=O) groups is 3. The van der Waals surface area contributed by atoms with Gasteiger partial charge in [0.15, 0.2) is 0 Å². The van der Waals surface area contributed by atoms with Crippen molar-refractivity contribution >= 4 is 35.2 Å². The molecule has 4 aliphatic heterocycles. The second kappa shape index (κ2) is 9.38. The van der Waals surface area contributed by atoms with Crippen LogP contribution in [0.1, 0.15) is 31.4 Å². The summed E-state index contributed by atoms with van der Waals surface area (Å²) in [6.45, 7) is 9.13. The fraction of sp³-hybridized carbons (Fsp3) is 0.536. The molecule has 0 saturated carbocycles. The van der Waals surface area contributed by atoms with Gasteiger partial charge in [-0.1, -0.05) is 49.4 Å². The Labute approximate surface area is 217 Å². The highest BCUT2D eigenvalue weighted by Gasteiger charge is 2.71. The lowest BCUT2D eigenvalue weighted by Gasteiger charge is -2.38. The Hall–Kier alpha value is -2.58. The predicted octanol–water partition coefficient (Wildman–Crippen LogP) is 2.69. The molecule has 0 bridgehead atoms. The van der Waals surface area contributed by atoms with E-state index in [0.717, 1.165) is 23.2 Å². The quantitative estimate of drug-likeness (QED) is 0.618. The van der Waals surface area contributed by atoms with Crippen LogP contribution in [0, 0.1) is 25.7 Å². The summed E-state index contributed by atoms with van der Waals surface area (Å²) < 4.78 is -0.868. The second-order valence-electron chi connectivity index (χ2n) is 10.4. The van der Waals surface area contributed by atoms with E-state index in [4.69, 9.17) is 0 Å². The van der Waals surface area contributed by atoms with Gasteiger partial charge in [-0.15, -0.1) is 11.8 Å². The second-order valence-corrected chi connectivity index (χ2v) is 11.9. The van der Waals surface area contributed by atoms with Gasteiger partial charge in [-0.25, -0.2) is 0 Å². The van der Waals surface area contributed by atoms with E-state index in [0.29, 0.717) is 19.6 Å². The third kappa shape index (κ3) is 3.56. The maximum Gasteiger partial charge on any atom is 0.251 e. The molecule has 2 saturated heterocycles. The molecule has 4 heterocycles. The lowest BCUT2D eigenvalue weighted by Crippen LogP contribution is -2.56. The molecule has 2 fully saturated rings. The maximum absolute atomic E-state index is 14.5. The van der Waals surface area contributed by atoms with Crippen molar-refractivity contribution < 1.29 is 19.5 Å². The lowest BCUT2D eigenvalue weighted by molar-refractivity contribution is -0.144. The molecule has 7 nitrogen and oxygen atoms in total. The summed E-state index contributed by atoms with van der Waals surface area (Å²) in [5, 5.41) is 9.93. The molecule has 0 aliphatic carbocycles. The molecule has 1 N–H and O–H groups in total. The molecule has 0 aromatic heterocycles. The number of thioether (sulfide) groups is 1. The lowest BCUT2D eigenvalue weighted by atomic mass is 9.78. The Bertz CT molecular complexity index is 1130. The number of likely N-dealkylation sites (tertiary alicyclic amines) is 1. The van der Waals surface area contributed by atoms with Crippen LogP contribution in [0.15, 0.2) is 42.5 Å². The van der Waals surface area contributed by atoms with E-state index in [1.807, 2.05) is 62.1 Å². The fourth-order valence-electron chi connectivity index (χ4n) is 6.59. The van der Waals surface area contributed by atoms with Gasteiger partial charge in [0.1, 0.15) is 6.04 Å². The van der Waals surface area contributed by atoms with Crippen molar-refractivity contribution in [1.29, 1.82) is 0 Å². The zero-order valence-corrected chi connectivity index (χ0v) is 22.2. The Morgan fingerprint density at radius 1 is 1.08 bits per heavy atom. The number of anilines is 1. The zero-order valence-electron chi connectivity index (χ0n) is 21.4. The highest BCUT2D eigenvalue weighted by molar-refractivity contribution is 8.02. The summed E-state index contributed by atoms with van der Waals surface area (Å²) in [7, 11) is 0. The van der Waals surface area contributed by atoms with Gasteiger partial charge < -0.3 is 19.8 Å². The molecule has 8 heteroatoms. The number of rotatable bonds is 5. The summed E-state index contributed by atoms with van der Waals surface area (Å²) in [6, 6.07) is 4.62. The number of aryl methyl sites for hydroxylation is 2. The van der Waals surface area contributed by atoms with E-state index in [9.17, 15) is 19.5 Å². The van der Waals surface area contributed by atoms with Gasteiger partial charge in [0, 0.05) is 30.6 Å². The first-order valence-electron chi connectivity index (χ1n) is 12.9. The highest BCUT2D eigenvalue weighted by atomic mass is 32.2. The van der Waals surface area contributed by atoms with Gasteiger partial charge in [-0.2, -0.15) is 0 Å². The van der Waals surface area contributed by atoms with Gasteiger partial charge in [0.05, 0.1) is 29.2 Å². The molecule has 1 aromatic carbocycles. The summed E-state index contributed by atoms with van der Waals surface area (Å²) in [5.74, 6) is -1.56. The summed E-state index contributed by atoms with van der Waals surface area (Å²) in [6.07, 6.45) is 8.95. The molecular weight excluding hydrogens is 474 g/mol. The first-order chi connectivity index (χ1) is 17.3. The number of para-hydroxylation sites is 1. The molecular formula is C28H35N3O4S. The molecule has 1 aromatic rings. The van der Waals surface area contributed by atoms with Crippen LogP contribution in [0.3, 0.4) is 0 Å². The maximum atomic E-state index is 14.5. The summed E-state index contributed by atoms with van der Waals surface area (Å²) >= 11 is 1.58. The van der Waals surface area contributed by atoms with Crippen molar-refractivity contribution in [2.24, 2.45) is 11.8 Å². The highest BCUT2D eigenvalue weighted by Crippen LogP contribution is 2.61. The van der Waals surface area contributed by atoms with Crippen LogP contribution >= 0.6 is 11.8 Å². The molecule has 192 valence electrons. The van der Waals surface area contributed by atoms with E-state index in [1.165, 1.54) is 0 Å². The van der Waals surface area contributed by atoms with E-state index >= 15 is 0 Å². The van der Waals surface area contributed by atoms with Gasteiger partial charge in [0.25, 0.3) is 5.91 Å².